The predicted octanol–water partition coefficient (Wildman–Crippen LogP) is 2.30. The summed E-state index contributed by atoms with van der Waals surface area (Å²) >= 11 is 0. The van der Waals surface area contributed by atoms with Gasteiger partial charge >= 0.3 is 12.9 Å². The van der Waals surface area contributed by atoms with E-state index in [0.29, 0.717) is 0 Å². The van der Waals surface area contributed by atoms with Gasteiger partial charge in [-0.2, -0.15) is 0 Å². The maximum absolute atomic E-state index is 8.70. The Morgan fingerprint density at radius 1 is 0.833 bits per heavy atom. The summed E-state index contributed by atoms with van der Waals surface area (Å²) in [5.41, 5.74) is 0. The molecule has 0 rings (SSSR count). The van der Waals surface area contributed by atoms with Crippen LogP contribution in [0.5, 0.6) is 0 Å². The minimum atomic E-state index is -0.0694. The van der Waals surface area contributed by atoms with Crippen LogP contribution in [-0.4, -0.2) is 23.5 Å². The molecule has 0 aromatic carbocycles. The van der Waals surface area contributed by atoms with Crippen molar-refractivity contribution in [2.45, 2.75) is 29.7 Å². The Morgan fingerprint density at radius 2 is 0.917 bits per heavy atom. The highest BCUT2D eigenvalue weighted by molar-refractivity contribution is 5.35. The second-order valence-electron chi connectivity index (χ2n) is 0.403. The standard InChI is InChI=1S/2CH2O3.4CH4.2H2/c2*2-1-4-3;;;;;;/h2*1,3H;4*1H4;2*1H. The van der Waals surface area contributed by atoms with Crippen molar-refractivity contribution >= 4 is 12.9 Å². The van der Waals surface area contributed by atoms with Crippen LogP contribution in [0.25, 0.3) is 0 Å². The fourth-order valence-electron chi connectivity index (χ4n) is 0. The van der Waals surface area contributed by atoms with Gasteiger partial charge in [-0.1, -0.05) is 29.7 Å². The molecule has 0 atom stereocenters. The van der Waals surface area contributed by atoms with Crippen molar-refractivity contribution in [2.75, 3.05) is 0 Å². The highest BCUT2D eigenvalue weighted by atomic mass is 17.1. The molecule has 0 aliphatic carbocycles. The second-order valence-corrected chi connectivity index (χ2v) is 0.403. The van der Waals surface area contributed by atoms with E-state index in [1.165, 1.54) is 0 Å². The van der Waals surface area contributed by atoms with Crippen LogP contribution in [0.2, 0.25) is 0 Å². The van der Waals surface area contributed by atoms with Gasteiger partial charge in [0, 0.05) is 2.85 Å². The van der Waals surface area contributed by atoms with Gasteiger partial charge in [-0.25, -0.2) is 10.5 Å². The molecule has 0 amide bonds. The summed E-state index contributed by atoms with van der Waals surface area (Å²) in [7, 11) is 0. The molecule has 0 heterocycles. The summed E-state index contributed by atoms with van der Waals surface area (Å²) in [6.07, 6.45) is 0. The van der Waals surface area contributed by atoms with Crippen LogP contribution in [0.3, 0.4) is 0 Å². The number of carbonyl (C=O) groups is 2. The van der Waals surface area contributed by atoms with Crippen molar-refractivity contribution in [2.24, 2.45) is 0 Å². The quantitative estimate of drug-likeness (QED) is 0.396. The Balaban J connectivity index is -0.00000000600. The maximum Gasteiger partial charge on any atom is 0.330 e. The summed E-state index contributed by atoms with van der Waals surface area (Å²) in [5.74, 6) is 0. The Morgan fingerprint density at radius 3 is 0.917 bits per heavy atom. The molecule has 0 saturated heterocycles. The van der Waals surface area contributed by atoms with Crippen molar-refractivity contribution in [1.82, 2.24) is 0 Å². The zero-order valence-electron chi connectivity index (χ0n) is 3.68. The molecule has 12 heavy (non-hydrogen) atoms. The summed E-state index contributed by atoms with van der Waals surface area (Å²) in [6.45, 7) is -0.139. The first kappa shape index (κ1) is 44.7. The molecule has 0 unspecified atom stereocenters. The van der Waals surface area contributed by atoms with Gasteiger partial charge in [0.05, 0.1) is 0 Å². The van der Waals surface area contributed by atoms with E-state index in [4.69, 9.17) is 20.1 Å². The molecule has 0 aliphatic rings. The van der Waals surface area contributed by atoms with E-state index < -0.39 is 0 Å². The smallest absolute Gasteiger partial charge is 0.304 e. The summed E-state index contributed by atoms with van der Waals surface area (Å²) < 4.78 is 0. The molecule has 84 valence electrons. The van der Waals surface area contributed by atoms with E-state index >= 15 is 0 Å². The molecule has 0 aromatic rings. The van der Waals surface area contributed by atoms with E-state index in [-0.39, 0.29) is 45.5 Å². The van der Waals surface area contributed by atoms with Gasteiger partial charge in [0.2, 0.25) is 0 Å². The lowest BCUT2D eigenvalue weighted by Gasteiger charge is -1.63. The molecule has 6 heteroatoms. The van der Waals surface area contributed by atoms with E-state index in [1.54, 1.807) is 0 Å². The molecule has 0 aliphatic heterocycles. The van der Waals surface area contributed by atoms with Crippen LogP contribution in [0.4, 0.5) is 0 Å². The third-order valence-electron chi connectivity index (χ3n) is 0.0861. The van der Waals surface area contributed by atoms with E-state index in [0.717, 1.165) is 0 Å². The SMILES string of the molecule is C.C.C.C.O=COO.O=COO.[HH].[HH]. The van der Waals surface area contributed by atoms with Crippen LogP contribution in [0.1, 0.15) is 32.6 Å². The van der Waals surface area contributed by atoms with Crippen LogP contribution in [0.15, 0.2) is 0 Å². The first-order valence-electron chi connectivity index (χ1n) is 1.31. The highest BCUT2D eigenvalue weighted by Gasteiger charge is 1.47. The van der Waals surface area contributed by atoms with Crippen molar-refractivity contribution in [3.8, 4) is 0 Å². The van der Waals surface area contributed by atoms with Gasteiger partial charge in [-0.3, -0.25) is 9.59 Å². The van der Waals surface area contributed by atoms with Gasteiger partial charge in [-0.05, 0) is 0 Å². The summed E-state index contributed by atoms with van der Waals surface area (Å²) in [6, 6.07) is 0. The van der Waals surface area contributed by atoms with Crippen LogP contribution in [-0.2, 0) is 19.4 Å². The zero-order chi connectivity index (χ0) is 6.83. The van der Waals surface area contributed by atoms with Gasteiger partial charge in [0.25, 0.3) is 0 Å². The summed E-state index contributed by atoms with van der Waals surface area (Å²) in [5, 5.41) is 14.0. The average molecular weight is 192 g/mol. The van der Waals surface area contributed by atoms with Gasteiger partial charge in [0.1, 0.15) is 0 Å². The number of rotatable bonds is 2. The lowest BCUT2D eigenvalue weighted by Crippen LogP contribution is -1.69. The van der Waals surface area contributed by atoms with Crippen LogP contribution >= 0.6 is 0 Å². The van der Waals surface area contributed by atoms with Gasteiger partial charge in [0.15, 0.2) is 0 Å². The van der Waals surface area contributed by atoms with Crippen molar-refractivity contribution in [3.05, 3.63) is 0 Å². The minimum absolute atomic E-state index is 0. The second kappa shape index (κ2) is 94.6. The topological polar surface area (TPSA) is 93.1 Å². The third-order valence-corrected chi connectivity index (χ3v) is 0.0861. The molecule has 0 radical (unpaired) electrons. The molecule has 0 bridgehead atoms. The zero-order valence-corrected chi connectivity index (χ0v) is 3.68. The Bertz CT molecular complexity index is 56.3. The molecule has 2 N–H and O–H groups in total. The van der Waals surface area contributed by atoms with E-state index in [1.807, 2.05) is 0 Å². The molecule has 0 aromatic heterocycles. The third kappa shape index (κ3) is 740. The normalized spacial score (nSPS) is 3.50. The van der Waals surface area contributed by atoms with Gasteiger partial charge in [-0.15, -0.1) is 0 Å². The molecule has 0 fully saturated rings. The van der Waals surface area contributed by atoms with Crippen LogP contribution in [0, 0.1) is 0 Å². The maximum atomic E-state index is 8.70. The van der Waals surface area contributed by atoms with Crippen molar-refractivity contribution in [1.29, 1.82) is 0 Å². The lowest BCUT2D eigenvalue weighted by atomic mass is 11.7. The van der Waals surface area contributed by atoms with E-state index in [2.05, 4.69) is 9.78 Å². The molecule has 0 spiro atoms. The molecule has 0 saturated carbocycles. The minimum Gasteiger partial charge on any atom is -0.304 e. The lowest BCUT2D eigenvalue weighted by molar-refractivity contribution is -0.217. The monoisotopic (exact) mass is 192 g/mol. The number of hydrogen-bond acceptors (Lipinski definition) is 6. The average Bonchev–Trinajstić information content (AvgIpc) is 1.88. The molecular weight excluding hydrogens is 168 g/mol. The first-order chi connectivity index (χ1) is 3.83. The fraction of sp³-hybridized carbons (Fsp3) is 0.667. The first-order valence-corrected chi connectivity index (χ1v) is 1.31. The van der Waals surface area contributed by atoms with Crippen molar-refractivity contribution in [3.63, 3.8) is 0 Å². The van der Waals surface area contributed by atoms with E-state index in [9.17, 15) is 0 Å². The highest BCUT2D eigenvalue weighted by Crippen LogP contribution is 1.34. The van der Waals surface area contributed by atoms with Crippen LogP contribution < -0.4 is 0 Å². The molecular formula is C6H24O6. The summed E-state index contributed by atoms with van der Waals surface area (Å²) in [4.78, 5) is 23.1. The Kier molecular flexibility index (Phi) is 352. The fourth-order valence-corrected chi connectivity index (χ4v) is 0. The van der Waals surface area contributed by atoms with Gasteiger partial charge < -0.3 is 9.78 Å². The molecule has 6 nitrogen and oxygen atoms in total. The Labute approximate surface area is 76.6 Å². The predicted molar refractivity (Wildman–Crippen MR) is 50.7 cm³/mol. The largest absolute Gasteiger partial charge is 0.330 e. The van der Waals surface area contributed by atoms with Crippen molar-refractivity contribution < 1.29 is 32.7 Å². The number of carbonyl (C=O) groups excluding carboxylic acids is 2. The Hall–Kier alpha value is -1.14. The number of hydrogen-bond donors (Lipinski definition) is 2.